The Balaban J connectivity index is 2.47. The van der Waals surface area contributed by atoms with Gasteiger partial charge in [-0.3, -0.25) is 4.72 Å². The third kappa shape index (κ3) is 3.33. The van der Waals surface area contributed by atoms with E-state index in [9.17, 15) is 17.2 Å². The molecular weight excluding hydrogens is 366 g/mol. The van der Waals surface area contributed by atoms with E-state index in [1.807, 2.05) is 4.72 Å². The van der Waals surface area contributed by atoms with Crippen LogP contribution in [0.4, 0.5) is 20.2 Å². The fourth-order valence-corrected chi connectivity index (χ4v) is 3.39. The van der Waals surface area contributed by atoms with E-state index < -0.39 is 27.3 Å². The summed E-state index contributed by atoms with van der Waals surface area (Å²) in [6.45, 7) is 1.38. The molecule has 112 valence electrons. The SMILES string of the molecule is Cc1cc(F)c(NS(=O)(=O)c2cc(Br)ccc2N)cc1F. The van der Waals surface area contributed by atoms with Crippen LogP contribution in [-0.4, -0.2) is 8.42 Å². The van der Waals surface area contributed by atoms with Crippen LogP contribution in [0.2, 0.25) is 0 Å². The molecule has 0 radical (unpaired) electrons. The number of halogens is 3. The highest BCUT2D eigenvalue weighted by atomic mass is 79.9. The largest absolute Gasteiger partial charge is 0.398 e. The third-order valence-electron chi connectivity index (χ3n) is 2.76. The molecular formula is C13H11BrF2N2O2S. The Morgan fingerprint density at radius 1 is 1.14 bits per heavy atom. The van der Waals surface area contributed by atoms with Crippen LogP contribution in [0.3, 0.4) is 0 Å². The first-order valence-corrected chi connectivity index (χ1v) is 8.02. The lowest BCUT2D eigenvalue weighted by Crippen LogP contribution is -2.16. The molecule has 0 heterocycles. The van der Waals surface area contributed by atoms with Crippen molar-refractivity contribution in [2.75, 3.05) is 10.5 Å². The van der Waals surface area contributed by atoms with Gasteiger partial charge in [0.1, 0.15) is 16.5 Å². The lowest BCUT2D eigenvalue weighted by Gasteiger charge is -2.12. The lowest BCUT2D eigenvalue weighted by atomic mass is 10.2. The van der Waals surface area contributed by atoms with Gasteiger partial charge >= 0.3 is 0 Å². The molecule has 0 amide bonds. The van der Waals surface area contributed by atoms with Gasteiger partial charge in [0.25, 0.3) is 10.0 Å². The van der Waals surface area contributed by atoms with Crippen LogP contribution < -0.4 is 10.5 Å². The highest BCUT2D eigenvalue weighted by molar-refractivity contribution is 9.10. The van der Waals surface area contributed by atoms with Gasteiger partial charge < -0.3 is 5.73 Å². The molecule has 4 nitrogen and oxygen atoms in total. The molecule has 0 bridgehead atoms. The van der Waals surface area contributed by atoms with E-state index in [4.69, 9.17) is 5.73 Å². The van der Waals surface area contributed by atoms with Crippen molar-refractivity contribution < 1.29 is 17.2 Å². The van der Waals surface area contributed by atoms with E-state index >= 15 is 0 Å². The maximum atomic E-state index is 13.7. The van der Waals surface area contributed by atoms with Crippen LogP contribution in [0.1, 0.15) is 5.56 Å². The van der Waals surface area contributed by atoms with Crippen molar-refractivity contribution in [1.82, 2.24) is 0 Å². The van der Waals surface area contributed by atoms with Gasteiger partial charge in [0, 0.05) is 10.5 Å². The summed E-state index contributed by atoms with van der Waals surface area (Å²) in [5, 5.41) is 0. The van der Waals surface area contributed by atoms with Crippen LogP contribution in [0.25, 0.3) is 0 Å². The number of benzene rings is 2. The number of nitrogens with one attached hydrogen (secondary N) is 1. The third-order valence-corrected chi connectivity index (χ3v) is 4.67. The van der Waals surface area contributed by atoms with Crippen molar-refractivity contribution >= 4 is 37.3 Å². The van der Waals surface area contributed by atoms with Gasteiger partial charge in [0.2, 0.25) is 0 Å². The average molecular weight is 377 g/mol. The Bertz CT molecular complexity index is 810. The number of rotatable bonds is 3. The average Bonchev–Trinajstić information content (AvgIpc) is 2.38. The van der Waals surface area contributed by atoms with Crippen molar-refractivity contribution in [3.8, 4) is 0 Å². The molecule has 2 rings (SSSR count). The molecule has 8 heteroatoms. The van der Waals surface area contributed by atoms with Crippen molar-refractivity contribution in [1.29, 1.82) is 0 Å². The van der Waals surface area contributed by atoms with Gasteiger partial charge in [0.05, 0.1) is 11.4 Å². The number of nitrogens with two attached hydrogens (primary N) is 1. The van der Waals surface area contributed by atoms with E-state index in [2.05, 4.69) is 15.9 Å². The first kappa shape index (κ1) is 15.7. The van der Waals surface area contributed by atoms with Crippen molar-refractivity contribution in [3.63, 3.8) is 0 Å². The summed E-state index contributed by atoms with van der Waals surface area (Å²) in [6.07, 6.45) is 0. The van der Waals surface area contributed by atoms with Crippen LogP contribution in [0.15, 0.2) is 39.7 Å². The minimum absolute atomic E-state index is 0.00121. The molecule has 0 atom stereocenters. The Morgan fingerprint density at radius 2 is 1.81 bits per heavy atom. The highest BCUT2D eigenvalue weighted by Crippen LogP contribution is 2.27. The van der Waals surface area contributed by atoms with Gasteiger partial charge in [-0.1, -0.05) is 15.9 Å². The Hall–Kier alpha value is -1.67. The minimum Gasteiger partial charge on any atom is -0.398 e. The van der Waals surface area contributed by atoms with Gasteiger partial charge in [-0.15, -0.1) is 0 Å². The molecule has 0 saturated carbocycles. The fourth-order valence-electron chi connectivity index (χ4n) is 1.67. The molecule has 0 aliphatic carbocycles. The second kappa shape index (κ2) is 5.61. The smallest absolute Gasteiger partial charge is 0.264 e. The zero-order valence-corrected chi connectivity index (χ0v) is 13.2. The van der Waals surface area contributed by atoms with Crippen LogP contribution in [-0.2, 0) is 10.0 Å². The highest BCUT2D eigenvalue weighted by Gasteiger charge is 2.20. The van der Waals surface area contributed by atoms with Crippen LogP contribution in [0, 0.1) is 18.6 Å². The molecule has 3 N–H and O–H groups in total. The second-order valence-electron chi connectivity index (χ2n) is 4.37. The van der Waals surface area contributed by atoms with E-state index in [1.165, 1.54) is 19.1 Å². The molecule has 0 fully saturated rings. The summed E-state index contributed by atoms with van der Waals surface area (Å²) in [7, 11) is -4.13. The topological polar surface area (TPSA) is 72.2 Å². The Labute approximate surface area is 129 Å². The molecule has 0 unspecified atom stereocenters. The lowest BCUT2D eigenvalue weighted by molar-refractivity contribution is 0.590. The van der Waals surface area contributed by atoms with Crippen LogP contribution in [0.5, 0.6) is 0 Å². The number of sulfonamides is 1. The maximum Gasteiger partial charge on any atom is 0.264 e. The molecule has 0 spiro atoms. The van der Waals surface area contributed by atoms with Gasteiger partial charge in [-0.25, -0.2) is 17.2 Å². The number of nitrogen functional groups attached to an aromatic ring is 1. The first-order chi connectivity index (χ1) is 9.70. The molecule has 2 aromatic carbocycles. The number of hydrogen-bond acceptors (Lipinski definition) is 3. The molecule has 0 aromatic heterocycles. The minimum atomic E-state index is -4.13. The number of anilines is 2. The molecule has 0 aliphatic heterocycles. The van der Waals surface area contributed by atoms with Crippen LogP contribution >= 0.6 is 15.9 Å². The Kier molecular flexibility index (Phi) is 4.20. The predicted molar refractivity (Wildman–Crippen MR) is 80.5 cm³/mol. The number of hydrogen-bond donors (Lipinski definition) is 2. The second-order valence-corrected chi connectivity index (χ2v) is 6.94. The van der Waals surface area contributed by atoms with Gasteiger partial charge in [-0.05, 0) is 36.8 Å². The summed E-state index contributed by atoms with van der Waals surface area (Å²) >= 11 is 3.13. The van der Waals surface area contributed by atoms with Crippen molar-refractivity contribution in [3.05, 3.63) is 52.0 Å². The molecule has 21 heavy (non-hydrogen) atoms. The summed E-state index contributed by atoms with van der Waals surface area (Å²) in [5.74, 6) is -1.58. The van der Waals surface area contributed by atoms with Gasteiger partial charge in [-0.2, -0.15) is 0 Å². The summed E-state index contributed by atoms with van der Waals surface area (Å²) in [5.41, 5.74) is 5.22. The predicted octanol–water partition coefficient (Wildman–Crippen LogP) is 3.42. The first-order valence-electron chi connectivity index (χ1n) is 5.74. The van der Waals surface area contributed by atoms with Crippen molar-refractivity contribution in [2.45, 2.75) is 11.8 Å². The van der Waals surface area contributed by atoms with E-state index in [-0.39, 0.29) is 16.1 Å². The standard InChI is InChI=1S/C13H11BrF2N2O2S/c1-7-4-10(16)12(6-9(7)15)18-21(19,20)13-5-8(14)2-3-11(13)17/h2-6,18H,17H2,1H3. The molecule has 2 aromatic rings. The molecule has 0 saturated heterocycles. The number of aryl methyl sites for hydroxylation is 1. The zero-order chi connectivity index (χ0) is 15.8. The fraction of sp³-hybridized carbons (Fsp3) is 0.0769. The van der Waals surface area contributed by atoms with Crippen molar-refractivity contribution in [2.24, 2.45) is 0 Å². The van der Waals surface area contributed by atoms with E-state index in [0.29, 0.717) is 4.47 Å². The Morgan fingerprint density at radius 3 is 2.48 bits per heavy atom. The van der Waals surface area contributed by atoms with E-state index in [1.54, 1.807) is 6.07 Å². The summed E-state index contributed by atoms with van der Waals surface area (Å²) in [4.78, 5) is -0.225. The quantitative estimate of drug-likeness (QED) is 0.806. The summed E-state index contributed by atoms with van der Waals surface area (Å²) < 4.78 is 54.1. The summed E-state index contributed by atoms with van der Waals surface area (Å²) in [6, 6.07) is 5.94. The normalized spacial score (nSPS) is 11.4. The zero-order valence-electron chi connectivity index (χ0n) is 10.8. The maximum absolute atomic E-state index is 13.7. The van der Waals surface area contributed by atoms with E-state index in [0.717, 1.165) is 12.1 Å². The monoisotopic (exact) mass is 376 g/mol. The molecule has 0 aliphatic rings. The van der Waals surface area contributed by atoms with Gasteiger partial charge in [0.15, 0.2) is 0 Å².